The number of hydrogen-bond acceptors (Lipinski definition) is 10. The zero-order valence-electron chi connectivity index (χ0n) is 23.9. The second kappa shape index (κ2) is 14.6. The van der Waals surface area contributed by atoms with Crippen molar-refractivity contribution in [3.63, 3.8) is 0 Å². The van der Waals surface area contributed by atoms with Crippen molar-refractivity contribution in [3.8, 4) is 5.75 Å². The summed E-state index contributed by atoms with van der Waals surface area (Å²) in [5.74, 6) is -2.70. The zero-order chi connectivity index (χ0) is 31.6. The molecule has 0 amide bonds. The minimum Gasteiger partial charge on any atom is -0.508 e. The Labute approximate surface area is 258 Å². The number of rotatable bonds is 11. The summed E-state index contributed by atoms with van der Waals surface area (Å²) in [5.41, 5.74) is 1.31. The van der Waals surface area contributed by atoms with E-state index in [-0.39, 0.29) is 22.4 Å². The average Bonchev–Trinajstić information content (AvgIpc) is 3.41. The number of aromatic hydroxyl groups is 1. The number of phenols is 1. The number of anilines is 1. The first-order chi connectivity index (χ1) is 21.9. The van der Waals surface area contributed by atoms with Gasteiger partial charge in [-0.1, -0.05) is 54.6 Å². The van der Waals surface area contributed by atoms with Crippen LogP contribution >= 0.6 is 0 Å². The first kappa shape index (κ1) is 30.7. The first-order valence-electron chi connectivity index (χ1n) is 14.0. The van der Waals surface area contributed by atoms with E-state index in [9.17, 15) is 24.3 Å². The Bertz CT molecular complexity index is 1640. The quantitative estimate of drug-likeness (QED) is 0.104. The van der Waals surface area contributed by atoms with Gasteiger partial charge >= 0.3 is 17.9 Å². The normalized spacial score (nSPS) is 19.0. The lowest BCUT2D eigenvalue weighted by atomic mass is 10.0. The van der Waals surface area contributed by atoms with Crippen molar-refractivity contribution in [2.75, 3.05) is 11.9 Å². The fourth-order valence-electron chi connectivity index (χ4n) is 4.58. The summed E-state index contributed by atoms with van der Waals surface area (Å²) in [5, 5.41) is 12.4. The highest BCUT2D eigenvalue weighted by Crippen LogP contribution is 2.30. The fourth-order valence-corrected chi connectivity index (χ4v) is 4.58. The van der Waals surface area contributed by atoms with Gasteiger partial charge in [0.2, 0.25) is 0 Å². The van der Waals surface area contributed by atoms with Gasteiger partial charge in [0.1, 0.15) is 18.5 Å². The summed E-state index contributed by atoms with van der Waals surface area (Å²) >= 11 is 0. The summed E-state index contributed by atoms with van der Waals surface area (Å²) in [7, 11) is 0. The summed E-state index contributed by atoms with van der Waals surface area (Å²) in [6.07, 6.45) is -2.73. The standard InChI is InChI=1S/C35H29NO9/c37-27-18-16-26(17-19-27)36-21-20-28(38)30-32(45-35(41)25-14-8-3-9-15-25)31(44-34(40)24-12-6-2-7-13-24)29(43-30)22-42-33(39)23-10-4-1-5-11-23/h1-21,29-32,36-37H,22H2/b21-20+/t29-,30+,31-,32+/m1/s1. The van der Waals surface area contributed by atoms with Crippen LogP contribution < -0.4 is 5.32 Å². The van der Waals surface area contributed by atoms with E-state index in [1.165, 1.54) is 24.4 Å². The third-order valence-electron chi connectivity index (χ3n) is 6.85. The van der Waals surface area contributed by atoms with Crippen molar-refractivity contribution in [3.05, 3.63) is 144 Å². The van der Waals surface area contributed by atoms with Gasteiger partial charge in [0, 0.05) is 18.0 Å². The molecule has 0 aromatic heterocycles. The molecule has 0 aliphatic carbocycles. The van der Waals surface area contributed by atoms with Crippen LogP contribution in [0, 0.1) is 0 Å². The lowest BCUT2D eigenvalue weighted by Crippen LogP contribution is -2.43. The SMILES string of the molecule is O=C(OC[C@H]1O[C@@H](C(=O)/C=C/Nc2ccc(O)cc2)[C@H](OC(=O)c2ccccc2)[C@@H]1OC(=O)c1ccccc1)c1ccccc1. The molecule has 228 valence electrons. The molecule has 10 nitrogen and oxygen atoms in total. The molecule has 10 heteroatoms. The van der Waals surface area contributed by atoms with Gasteiger partial charge in [-0.25, -0.2) is 14.4 Å². The maximum Gasteiger partial charge on any atom is 0.338 e. The Morgan fingerprint density at radius 3 is 1.69 bits per heavy atom. The number of nitrogens with one attached hydrogen (secondary N) is 1. The molecule has 0 spiro atoms. The second-order valence-corrected chi connectivity index (χ2v) is 9.96. The monoisotopic (exact) mass is 607 g/mol. The van der Waals surface area contributed by atoms with E-state index in [0.29, 0.717) is 5.69 Å². The van der Waals surface area contributed by atoms with Crippen molar-refractivity contribution in [2.45, 2.75) is 24.4 Å². The number of ether oxygens (including phenoxy) is 4. The fraction of sp³-hybridized carbons (Fsp3) is 0.143. The van der Waals surface area contributed by atoms with Gasteiger partial charge < -0.3 is 29.4 Å². The van der Waals surface area contributed by atoms with Gasteiger partial charge in [-0.15, -0.1) is 0 Å². The molecule has 0 saturated carbocycles. The number of hydrogen-bond donors (Lipinski definition) is 2. The predicted molar refractivity (Wildman–Crippen MR) is 163 cm³/mol. The number of carbonyl (C=O) groups is 4. The molecule has 4 aromatic carbocycles. The molecular weight excluding hydrogens is 578 g/mol. The Morgan fingerprint density at radius 1 is 0.667 bits per heavy atom. The number of carbonyl (C=O) groups excluding carboxylic acids is 4. The summed E-state index contributed by atoms with van der Waals surface area (Å²) in [6.45, 7) is -0.404. The molecule has 1 aliphatic rings. The maximum absolute atomic E-state index is 13.5. The van der Waals surface area contributed by atoms with Gasteiger partial charge in [-0.05, 0) is 60.7 Å². The molecule has 1 heterocycles. The van der Waals surface area contributed by atoms with Crippen LogP contribution in [0.25, 0.3) is 0 Å². The smallest absolute Gasteiger partial charge is 0.338 e. The molecule has 0 unspecified atom stereocenters. The third-order valence-corrected chi connectivity index (χ3v) is 6.85. The van der Waals surface area contributed by atoms with Crippen LogP contribution in [0.15, 0.2) is 128 Å². The molecule has 4 atom stereocenters. The number of ketones is 1. The van der Waals surface area contributed by atoms with Gasteiger partial charge in [-0.2, -0.15) is 0 Å². The van der Waals surface area contributed by atoms with Crippen LogP contribution in [0.4, 0.5) is 5.69 Å². The number of esters is 3. The van der Waals surface area contributed by atoms with Gasteiger partial charge in [0.15, 0.2) is 24.1 Å². The largest absolute Gasteiger partial charge is 0.508 e. The molecule has 1 aliphatic heterocycles. The lowest BCUT2D eigenvalue weighted by molar-refractivity contribution is -0.129. The van der Waals surface area contributed by atoms with E-state index in [4.69, 9.17) is 18.9 Å². The lowest BCUT2D eigenvalue weighted by Gasteiger charge is -2.24. The van der Waals surface area contributed by atoms with Crippen LogP contribution in [0.1, 0.15) is 31.1 Å². The van der Waals surface area contributed by atoms with Crippen molar-refractivity contribution in [1.82, 2.24) is 0 Å². The van der Waals surface area contributed by atoms with Crippen LogP contribution in [0.2, 0.25) is 0 Å². The van der Waals surface area contributed by atoms with Crippen molar-refractivity contribution < 1.29 is 43.2 Å². The van der Waals surface area contributed by atoms with E-state index in [1.807, 2.05) is 0 Å². The van der Waals surface area contributed by atoms with Gasteiger partial charge in [0.25, 0.3) is 0 Å². The molecule has 4 aromatic rings. The zero-order valence-corrected chi connectivity index (χ0v) is 23.9. The van der Waals surface area contributed by atoms with Crippen molar-refractivity contribution in [1.29, 1.82) is 0 Å². The van der Waals surface area contributed by atoms with E-state index in [0.717, 1.165) is 0 Å². The third kappa shape index (κ3) is 8.01. The van der Waals surface area contributed by atoms with Crippen LogP contribution in [-0.2, 0) is 23.7 Å². The van der Waals surface area contributed by atoms with E-state index >= 15 is 0 Å². The molecule has 45 heavy (non-hydrogen) atoms. The topological polar surface area (TPSA) is 137 Å². The summed E-state index contributed by atoms with van der Waals surface area (Å²) < 4.78 is 23.1. The molecule has 1 saturated heterocycles. The maximum atomic E-state index is 13.5. The first-order valence-corrected chi connectivity index (χ1v) is 14.0. The predicted octanol–water partition coefficient (Wildman–Crippen LogP) is 4.96. The highest BCUT2D eigenvalue weighted by molar-refractivity contribution is 5.96. The van der Waals surface area contributed by atoms with Crippen LogP contribution in [-0.4, -0.2) is 59.8 Å². The van der Waals surface area contributed by atoms with Crippen molar-refractivity contribution in [2.24, 2.45) is 0 Å². The summed E-state index contributed by atoms with van der Waals surface area (Å²) in [4.78, 5) is 52.6. The minimum atomic E-state index is -1.41. The minimum absolute atomic E-state index is 0.0816. The molecular formula is C35H29NO9. The highest BCUT2D eigenvalue weighted by atomic mass is 16.7. The van der Waals surface area contributed by atoms with E-state index in [1.54, 1.807) is 103 Å². The summed E-state index contributed by atoms with van der Waals surface area (Å²) in [6, 6.07) is 30.7. The number of phenolic OH excluding ortho intramolecular Hbond substituents is 1. The Hall–Kier alpha value is -5.74. The molecule has 1 fully saturated rings. The van der Waals surface area contributed by atoms with E-state index in [2.05, 4.69) is 5.32 Å². The Kier molecular flexibility index (Phi) is 9.98. The van der Waals surface area contributed by atoms with E-state index < -0.39 is 54.7 Å². The molecule has 5 rings (SSSR count). The van der Waals surface area contributed by atoms with Crippen molar-refractivity contribution >= 4 is 29.4 Å². The Balaban J connectivity index is 1.42. The highest BCUT2D eigenvalue weighted by Gasteiger charge is 2.52. The Morgan fingerprint density at radius 2 is 1.16 bits per heavy atom. The molecule has 0 bridgehead atoms. The van der Waals surface area contributed by atoms with Crippen LogP contribution in [0.5, 0.6) is 5.75 Å². The van der Waals surface area contributed by atoms with Gasteiger partial charge in [0.05, 0.1) is 16.7 Å². The molecule has 2 N–H and O–H groups in total. The van der Waals surface area contributed by atoms with Gasteiger partial charge in [-0.3, -0.25) is 4.79 Å². The number of benzene rings is 4. The molecule has 0 radical (unpaired) electrons. The second-order valence-electron chi connectivity index (χ2n) is 9.96. The average molecular weight is 608 g/mol. The van der Waals surface area contributed by atoms with Crippen LogP contribution in [0.3, 0.4) is 0 Å².